The van der Waals surface area contributed by atoms with Crippen molar-refractivity contribution in [3.8, 4) is 0 Å². The van der Waals surface area contributed by atoms with Crippen molar-refractivity contribution in [2.24, 2.45) is 0 Å². The molecule has 0 aromatic heterocycles. The summed E-state index contributed by atoms with van der Waals surface area (Å²) in [7, 11) is 0. The summed E-state index contributed by atoms with van der Waals surface area (Å²) in [6.45, 7) is 1.33. The molecule has 23 heavy (non-hydrogen) atoms. The molecule has 0 N–H and O–H groups in total. The second-order valence-electron chi connectivity index (χ2n) is 4.72. The summed E-state index contributed by atoms with van der Waals surface area (Å²) >= 11 is 5.86. The Kier molecular flexibility index (Phi) is 4.55. The summed E-state index contributed by atoms with van der Waals surface area (Å²) in [5, 5.41) is 21.8. The summed E-state index contributed by atoms with van der Waals surface area (Å²) in [6.07, 6.45) is -0.446. The molecule has 0 saturated heterocycles. The van der Waals surface area contributed by atoms with Crippen molar-refractivity contribution in [3.05, 3.63) is 77.8 Å². The van der Waals surface area contributed by atoms with Crippen molar-refractivity contribution in [3.63, 3.8) is 0 Å². The van der Waals surface area contributed by atoms with Gasteiger partial charge in [0, 0.05) is 17.5 Å². The van der Waals surface area contributed by atoms with Crippen LogP contribution in [0.5, 0.6) is 0 Å². The van der Waals surface area contributed by atoms with Gasteiger partial charge in [-0.1, -0.05) is 17.7 Å². The lowest BCUT2D eigenvalue weighted by Gasteiger charge is -2.10. The van der Waals surface area contributed by atoms with E-state index in [0.717, 1.165) is 18.2 Å². The highest BCUT2D eigenvalue weighted by atomic mass is 35.5. The van der Waals surface area contributed by atoms with Crippen LogP contribution in [0.25, 0.3) is 0 Å². The van der Waals surface area contributed by atoms with Gasteiger partial charge in [-0.05, 0) is 24.6 Å². The van der Waals surface area contributed by atoms with Crippen molar-refractivity contribution in [1.82, 2.24) is 0 Å². The molecule has 0 amide bonds. The second-order valence-corrected chi connectivity index (χ2v) is 5.10. The van der Waals surface area contributed by atoms with Gasteiger partial charge in [-0.3, -0.25) is 20.2 Å². The summed E-state index contributed by atoms with van der Waals surface area (Å²) < 4.78 is 27.5. The first kappa shape index (κ1) is 16.8. The smallest absolute Gasteiger partial charge is 0.258 e. The van der Waals surface area contributed by atoms with Crippen LogP contribution >= 0.6 is 11.6 Å². The molecule has 0 radical (unpaired) electrons. The third-order valence-corrected chi connectivity index (χ3v) is 3.88. The molecule has 0 aliphatic rings. The Bertz CT molecular complexity index is 807. The minimum absolute atomic E-state index is 0.0372. The zero-order valence-corrected chi connectivity index (χ0v) is 12.4. The number of nitrogens with zero attached hydrogens (tertiary/aromatic N) is 2. The molecule has 6 nitrogen and oxygen atoms in total. The molecule has 0 bridgehead atoms. The van der Waals surface area contributed by atoms with Crippen molar-refractivity contribution in [2.75, 3.05) is 0 Å². The molecule has 0 heterocycles. The van der Waals surface area contributed by atoms with Gasteiger partial charge in [0.2, 0.25) is 0 Å². The van der Waals surface area contributed by atoms with Crippen molar-refractivity contribution in [1.29, 1.82) is 0 Å². The van der Waals surface area contributed by atoms with Gasteiger partial charge >= 0.3 is 0 Å². The predicted molar refractivity (Wildman–Crippen MR) is 78.7 cm³/mol. The number of nitro benzene ring substituents is 2. The molecule has 120 valence electrons. The average molecular weight is 343 g/mol. The van der Waals surface area contributed by atoms with Gasteiger partial charge in [-0.25, -0.2) is 8.78 Å². The average Bonchev–Trinajstić information content (AvgIpc) is 2.46. The lowest BCUT2D eigenvalue weighted by atomic mass is 9.97. The molecule has 0 spiro atoms. The Balaban J connectivity index is 2.69. The van der Waals surface area contributed by atoms with Crippen LogP contribution in [0.3, 0.4) is 0 Å². The van der Waals surface area contributed by atoms with Crippen LogP contribution in [0.2, 0.25) is 5.02 Å². The lowest BCUT2D eigenvalue weighted by molar-refractivity contribution is -0.394. The van der Waals surface area contributed by atoms with Gasteiger partial charge in [0.05, 0.1) is 15.9 Å². The number of benzene rings is 2. The highest BCUT2D eigenvalue weighted by Crippen LogP contribution is 2.38. The van der Waals surface area contributed by atoms with E-state index in [4.69, 9.17) is 11.6 Å². The van der Waals surface area contributed by atoms with Crippen LogP contribution in [-0.4, -0.2) is 9.85 Å². The Hall–Kier alpha value is -2.61. The first-order valence-electron chi connectivity index (χ1n) is 6.27. The second kappa shape index (κ2) is 6.25. The fraction of sp³-hybridized carbons (Fsp3) is 0.143. The van der Waals surface area contributed by atoms with Crippen LogP contribution in [-0.2, 0) is 6.42 Å². The number of rotatable bonds is 4. The van der Waals surface area contributed by atoms with E-state index in [1.165, 1.54) is 6.92 Å². The van der Waals surface area contributed by atoms with Crippen molar-refractivity contribution >= 4 is 23.0 Å². The van der Waals surface area contributed by atoms with Crippen LogP contribution in [0.4, 0.5) is 20.2 Å². The SMILES string of the molecule is Cc1c(Cl)c([N+](=O)[O-])cc([N+](=O)[O-])c1Cc1c(F)cccc1F. The number of hydrogen-bond donors (Lipinski definition) is 0. The van der Waals surface area contributed by atoms with Crippen LogP contribution in [0.1, 0.15) is 16.7 Å². The molecule has 0 aliphatic carbocycles. The maximum Gasteiger partial charge on any atom is 0.295 e. The molecular weight excluding hydrogens is 334 g/mol. The first-order valence-corrected chi connectivity index (χ1v) is 6.65. The Morgan fingerprint density at radius 2 is 1.57 bits per heavy atom. The quantitative estimate of drug-likeness (QED) is 0.611. The molecule has 2 aromatic carbocycles. The zero-order valence-electron chi connectivity index (χ0n) is 11.7. The molecule has 9 heteroatoms. The highest BCUT2D eigenvalue weighted by molar-refractivity contribution is 6.33. The largest absolute Gasteiger partial charge is 0.295 e. The molecule has 0 saturated carbocycles. The van der Waals surface area contributed by atoms with Crippen molar-refractivity contribution < 1.29 is 18.6 Å². The number of halogens is 3. The van der Waals surface area contributed by atoms with Gasteiger partial charge in [0.15, 0.2) is 0 Å². The maximum absolute atomic E-state index is 13.8. The van der Waals surface area contributed by atoms with Crippen LogP contribution in [0, 0.1) is 38.8 Å². The molecule has 0 fully saturated rings. The lowest BCUT2D eigenvalue weighted by Crippen LogP contribution is -2.05. The van der Waals surface area contributed by atoms with Crippen LogP contribution in [0.15, 0.2) is 24.3 Å². The number of nitro groups is 2. The Morgan fingerprint density at radius 1 is 1.04 bits per heavy atom. The van der Waals surface area contributed by atoms with E-state index >= 15 is 0 Å². The Labute approximate surface area is 133 Å². The molecule has 2 aromatic rings. The van der Waals surface area contributed by atoms with E-state index in [2.05, 4.69) is 0 Å². The standard InChI is InChI=1S/C14H9ClF2N2O4/c1-7-8(5-9-10(16)3-2-4-11(9)17)12(18(20)21)6-13(14(7)15)19(22)23/h2-4,6H,5H2,1H3. The third kappa shape index (κ3) is 3.11. The summed E-state index contributed by atoms with van der Waals surface area (Å²) in [5.74, 6) is -1.73. The van der Waals surface area contributed by atoms with Gasteiger partial charge in [-0.2, -0.15) is 0 Å². The molecular formula is C14H9ClF2N2O4. The summed E-state index contributed by atoms with van der Waals surface area (Å²) in [5.41, 5.74) is -1.65. The van der Waals surface area contributed by atoms with E-state index < -0.39 is 39.3 Å². The third-order valence-electron chi connectivity index (χ3n) is 3.40. The van der Waals surface area contributed by atoms with E-state index in [9.17, 15) is 29.0 Å². The van der Waals surface area contributed by atoms with Gasteiger partial charge in [0.1, 0.15) is 16.7 Å². The predicted octanol–water partition coefficient (Wildman–Crippen LogP) is 4.33. The zero-order chi connectivity index (χ0) is 17.3. The molecule has 2 rings (SSSR count). The number of hydrogen-bond acceptors (Lipinski definition) is 4. The van der Waals surface area contributed by atoms with Gasteiger partial charge < -0.3 is 0 Å². The fourth-order valence-corrected chi connectivity index (χ4v) is 2.43. The topological polar surface area (TPSA) is 86.3 Å². The van der Waals surface area contributed by atoms with Crippen LogP contribution < -0.4 is 0 Å². The monoisotopic (exact) mass is 342 g/mol. The van der Waals surface area contributed by atoms with Gasteiger partial charge in [0.25, 0.3) is 11.4 Å². The molecule has 0 aliphatic heterocycles. The molecule has 0 unspecified atom stereocenters. The van der Waals surface area contributed by atoms with E-state index in [0.29, 0.717) is 6.07 Å². The highest BCUT2D eigenvalue weighted by Gasteiger charge is 2.28. The van der Waals surface area contributed by atoms with E-state index in [1.807, 2.05) is 0 Å². The minimum atomic E-state index is -0.867. The minimum Gasteiger partial charge on any atom is -0.258 e. The Morgan fingerprint density at radius 3 is 2.04 bits per heavy atom. The summed E-state index contributed by atoms with van der Waals surface area (Å²) in [6, 6.07) is 3.90. The first-order chi connectivity index (χ1) is 10.7. The normalized spacial score (nSPS) is 10.6. The van der Waals surface area contributed by atoms with Crippen molar-refractivity contribution in [2.45, 2.75) is 13.3 Å². The molecule has 0 atom stereocenters. The maximum atomic E-state index is 13.8. The van der Waals surface area contributed by atoms with E-state index in [-0.39, 0.29) is 21.7 Å². The van der Waals surface area contributed by atoms with Gasteiger partial charge in [-0.15, -0.1) is 0 Å². The van der Waals surface area contributed by atoms with E-state index in [1.54, 1.807) is 0 Å². The summed E-state index contributed by atoms with van der Waals surface area (Å²) in [4.78, 5) is 20.4. The fourth-order valence-electron chi connectivity index (χ4n) is 2.19.